The van der Waals surface area contributed by atoms with Gasteiger partial charge < -0.3 is 9.67 Å². The van der Waals surface area contributed by atoms with Gasteiger partial charge in [0.05, 0.1) is 5.69 Å². The number of nitrogens with zero attached hydrogens (tertiary/aromatic N) is 2. The maximum absolute atomic E-state index is 11.1. The summed E-state index contributed by atoms with van der Waals surface area (Å²) in [5.41, 5.74) is 5.00. The van der Waals surface area contributed by atoms with Crippen LogP contribution in [0, 0.1) is 6.92 Å². The van der Waals surface area contributed by atoms with Crippen LogP contribution in [0.1, 0.15) is 5.56 Å². The van der Waals surface area contributed by atoms with E-state index in [9.17, 15) is 4.79 Å². The van der Waals surface area contributed by atoms with Gasteiger partial charge in [-0.2, -0.15) is 0 Å². The van der Waals surface area contributed by atoms with Crippen LogP contribution < -0.4 is 0 Å². The van der Waals surface area contributed by atoms with Gasteiger partial charge in [0.2, 0.25) is 0 Å². The van der Waals surface area contributed by atoms with Crippen molar-refractivity contribution in [1.82, 2.24) is 9.55 Å². The molecular formula is C20H16N2O2S. The quantitative estimate of drug-likeness (QED) is 0.575. The highest BCUT2D eigenvalue weighted by Gasteiger charge is 2.12. The fraction of sp³-hybridized carbons (Fsp3) is 0.100. The molecular weight excluding hydrogens is 332 g/mol. The number of benzene rings is 2. The van der Waals surface area contributed by atoms with E-state index in [1.54, 1.807) is 15.9 Å². The second-order valence-corrected chi connectivity index (χ2v) is 6.83. The van der Waals surface area contributed by atoms with Gasteiger partial charge in [0.15, 0.2) is 0 Å². The minimum atomic E-state index is -0.845. The van der Waals surface area contributed by atoms with Crippen molar-refractivity contribution in [2.45, 2.75) is 13.5 Å². The average Bonchev–Trinajstić information content (AvgIpc) is 3.21. The van der Waals surface area contributed by atoms with Crippen molar-refractivity contribution < 1.29 is 9.90 Å². The molecule has 0 aliphatic rings. The molecule has 0 aliphatic carbocycles. The Hall–Kier alpha value is -2.92. The molecule has 0 bridgehead atoms. The van der Waals surface area contributed by atoms with Gasteiger partial charge in [-0.25, -0.2) is 4.98 Å². The number of aliphatic carboxylic acids is 1. The molecule has 124 valence electrons. The summed E-state index contributed by atoms with van der Waals surface area (Å²) in [7, 11) is 0. The lowest BCUT2D eigenvalue weighted by Crippen LogP contribution is -2.07. The number of aryl methyl sites for hydroxylation is 1. The molecule has 0 unspecified atom stereocenters. The van der Waals surface area contributed by atoms with Crippen LogP contribution in [0.15, 0.2) is 60.1 Å². The predicted molar refractivity (Wildman–Crippen MR) is 101 cm³/mol. The molecule has 2 aromatic carbocycles. The van der Waals surface area contributed by atoms with Crippen LogP contribution in [0.4, 0.5) is 0 Å². The molecule has 0 spiro atoms. The topological polar surface area (TPSA) is 55.1 Å². The zero-order valence-electron chi connectivity index (χ0n) is 13.6. The second kappa shape index (κ2) is 6.18. The number of thiazole rings is 1. The van der Waals surface area contributed by atoms with Crippen molar-refractivity contribution in [2.75, 3.05) is 0 Å². The van der Waals surface area contributed by atoms with Crippen molar-refractivity contribution >= 4 is 28.2 Å². The summed E-state index contributed by atoms with van der Waals surface area (Å²) in [5.74, 6) is -0.845. The first kappa shape index (κ1) is 15.6. The molecule has 1 N–H and O–H groups in total. The van der Waals surface area contributed by atoms with Crippen molar-refractivity contribution in [3.8, 4) is 21.8 Å². The average molecular weight is 348 g/mol. The third kappa shape index (κ3) is 2.94. The Kier molecular flexibility index (Phi) is 3.86. The lowest BCUT2D eigenvalue weighted by atomic mass is 10.1. The molecule has 4 aromatic rings. The van der Waals surface area contributed by atoms with E-state index in [0.29, 0.717) is 0 Å². The van der Waals surface area contributed by atoms with Crippen LogP contribution >= 0.6 is 11.3 Å². The van der Waals surface area contributed by atoms with E-state index in [4.69, 9.17) is 10.1 Å². The van der Waals surface area contributed by atoms with E-state index in [2.05, 4.69) is 0 Å². The van der Waals surface area contributed by atoms with E-state index >= 15 is 0 Å². The highest BCUT2D eigenvalue weighted by molar-refractivity contribution is 7.13. The summed E-state index contributed by atoms with van der Waals surface area (Å²) in [6.45, 7) is 1.96. The van der Waals surface area contributed by atoms with E-state index in [1.807, 2.05) is 67.0 Å². The molecule has 4 rings (SSSR count). The van der Waals surface area contributed by atoms with Gasteiger partial charge in [-0.05, 0) is 18.6 Å². The Labute approximate surface area is 149 Å². The van der Waals surface area contributed by atoms with Crippen molar-refractivity contribution in [3.63, 3.8) is 0 Å². The van der Waals surface area contributed by atoms with Gasteiger partial charge in [-0.3, -0.25) is 4.79 Å². The van der Waals surface area contributed by atoms with Crippen LogP contribution in [-0.2, 0) is 11.3 Å². The minimum absolute atomic E-state index is 0.0415. The summed E-state index contributed by atoms with van der Waals surface area (Å²) >= 11 is 1.61. The zero-order valence-corrected chi connectivity index (χ0v) is 14.5. The number of carbonyl (C=O) groups is 1. The summed E-state index contributed by atoms with van der Waals surface area (Å²) in [4.78, 5) is 15.9. The van der Waals surface area contributed by atoms with Crippen LogP contribution in [0.3, 0.4) is 0 Å². The number of carboxylic acid groups (broad SMARTS) is 1. The van der Waals surface area contributed by atoms with E-state index < -0.39 is 5.97 Å². The van der Waals surface area contributed by atoms with Crippen molar-refractivity contribution in [1.29, 1.82) is 0 Å². The summed E-state index contributed by atoms with van der Waals surface area (Å²) in [6.07, 6.45) is 1.89. The molecule has 5 heteroatoms. The number of fused-ring (bicyclic) bond motifs is 1. The van der Waals surface area contributed by atoms with Crippen LogP contribution in [0.5, 0.6) is 0 Å². The molecule has 0 fully saturated rings. The SMILES string of the molecule is Cc1cn(CC(=O)O)c2cc(-c3csc(-c4ccccc4)n3)ccc12. The van der Waals surface area contributed by atoms with Crippen molar-refractivity contribution in [3.05, 3.63) is 65.7 Å². The van der Waals surface area contributed by atoms with Gasteiger partial charge >= 0.3 is 5.97 Å². The van der Waals surface area contributed by atoms with Gasteiger partial charge in [0.1, 0.15) is 11.6 Å². The molecule has 0 atom stereocenters. The lowest BCUT2D eigenvalue weighted by Gasteiger charge is -2.03. The first-order valence-electron chi connectivity index (χ1n) is 7.94. The van der Waals surface area contributed by atoms with Crippen LogP contribution in [0.25, 0.3) is 32.7 Å². The number of carboxylic acids is 1. The molecule has 0 saturated heterocycles. The summed E-state index contributed by atoms with van der Waals surface area (Å²) in [5, 5.41) is 13.2. The monoisotopic (exact) mass is 348 g/mol. The third-order valence-electron chi connectivity index (χ3n) is 4.21. The predicted octanol–water partition coefficient (Wildman–Crippen LogP) is 4.82. The van der Waals surface area contributed by atoms with Gasteiger partial charge in [0, 0.05) is 33.6 Å². The fourth-order valence-electron chi connectivity index (χ4n) is 3.03. The number of hydrogen-bond acceptors (Lipinski definition) is 3. The molecule has 0 aliphatic heterocycles. The largest absolute Gasteiger partial charge is 0.480 e. The fourth-order valence-corrected chi connectivity index (χ4v) is 3.87. The van der Waals surface area contributed by atoms with Gasteiger partial charge in [-0.1, -0.05) is 42.5 Å². The Morgan fingerprint density at radius 3 is 2.72 bits per heavy atom. The molecule has 0 saturated carbocycles. The molecule has 25 heavy (non-hydrogen) atoms. The highest BCUT2D eigenvalue weighted by Crippen LogP contribution is 2.31. The lowest BCUT2D eigenvalue weighted by molar-refractivity contribution is -0.137. The number of hydrogen-bond donors (Lipinski definition) is 1. The first-order valence-corrected chi connectivity index (χ1v) is 8.82. The maximum Gasteiger partial charge on any atom is 0.323 e. The smallest absolute Gasteiger partial charge is 0.323 e. The number of rotatable bonds is 4. The van der Waals surface area contributed by atoms with Gasteiger partial charge in [-0.15, -0.1) is 11.3 Å². The standard InChI is InChI=1S/C20H16N2O2S/c1-13-10-22(11-19(23)24)18-9-15(7-8-16(13)18)17-12-25-20(21-17)14-5-3-2-4-6-14/h2-10,12H,11H2,1H3,(H,23,24). The van der Waals surface area contributed by atoms with Crippen molar-refractivity contribution in [2.24, 2.45) is 0 Å². The second-order valence-electron chi connectivity index (χ2n) is 5.97. The Bertz CT molecular complexity index is 1060. The third-order valence-corrected chi connectivity index (χ3v) is 5.10. The zero-order chi connectivity index (χ0) is 17.4. The summed E-state index contributed by atoms with van der Waals surface area (Å²) in [6, 6.07) is 16.2. The minimum Gasteiger partial charge on any atom is -0.480 e. The van der Waals surface area contributed by atoms with Gasteiger partial charge in [0.25, 0.3) is 0 Å². The highest BCUT2D eigenvalue weighted by atomic mass is 32.1. The Balaban J connectivity index is 1.77. The molecule has 0 amide bonds. The Morgan fingerprint density at radius 2 is 1.96 bits per heavy atom. The summed E-state index contributed by atoms with van der Waals surface area (Å²) < 4.78 is 1.78. The molecule has 2 aromatic heterocycles. The molecule has 2 heterocycles. The van der Waals surface area contributed by atoms with Crippen LogP contribution in [-0.4, -0.2) is 20.6 Å². The van der Waals surface area contributed by atoms with E-state index in [-0.39, 0.29) is 6.54 Å². The molecule has 0 radical (unpaired) electrons. The Morgan fingerprint density at radius 1 is 1.16 bits per heavy atom. The van der Waals surface area contributed by atoms with Crippen LogP contribution in [0.2, 0.25) is 0 Å². The number of aromatic nitrogens is 2. The normalized spacial score (nSPS) is 11.1. The first-order chi connectivity index (χ1) is 12.1. The molecule has 4 nitrogen and oxygen atoms in total. The van der Waals surface area contributed by atoms with E-state index in [0.717, 1.165) is 38.3 Å². The van der Waals surface area contributed by atoms with E-state index in [1.165, 1.54) is 0 Å². The maximum atomic E-state index is 11.1.